The molecule has 8 heteroatoms. The van der Waals surface area contributed by atoms with Gasteiger partial charge in [0.25, 0.3) is 0 Å². The van der Waals surface area contributed by atoms with Gasteiger partial charge in [-0.1, -0.05) is 0 Å². The van der Waals surface area contributed by atoms with Gasteiger partial charge in [-0.3, -0.25) is 4.99 Å². The van der Waals surface area contributed by atoms with E-state index >= 15 is 0 Å². The van der Waals surface area contributed by atoms with Crippen molar-refractivity contribution in [1.82, 2.24) is 4.98 Å². The van der Waals surface area contributed by atoms with E-state index in [4.69, 9.17) is 0 Å². The number of allylic oxidation sites excluding steroid dienone is 2. The normalized spacial score (nSPS) is 24.6. The van der Waals surface area contributed by atoms with Crippen LogP contribution in [0.25, 0.3) is 5.76 Å². The Hall–Kier alpha value is -1.96. The Morgan fingerprint density at radius 1 is 1.26 bits per heavy atom. The maximum atomic E-state index is 13.5. The van der Waals surface area contributed by atoms with Gasteiger partial charge in [0.15, 0.2) is 0 Å². The van der Waals surface area contributed by atoms with Crippen molar-refractivity contribution in [3.63, 3.8) is 0 Å². The van der Waals surface area contributed by atoms with Gasteiger partial charge < -0.3 is 22.9 Å². The minimum Gasteiger partial charge on any atom is -0.625 e. The number of hydrogen-bond acceptors (Lipinski definition) is 4. The Bertz CT molecular complexity index is 621. The number of thiol groups is 1. The van der Waals surface area contributed by atoms with Crippen LogP contribution in [0.15, 0.2) is 51.8 Å². The number of aliphatic imine (C=N–C) groups is 1. The van der Waals surface area contributed by atoms with Gasteiger partial charge in [0.05, 0.1) is 10.6 Å². The van der Waals surface area contributed by atoms with Crippen molar-refractivity contribution in [3.8, 4) is 0 Å². The first kappa shape index (κ1) is 12.1. The summed E-state index contributed by atoms with van der Waals surface area (Å²) >= 11 is 4.21. The fourth-order valence-electron chi connectivity index (χ4n) is 1.79. The Labute approximate surface area is 113 Å². The Balaban J connectivity index is 2.16. The molecular formula is C11H8BF2N2O2S-. The highest BCUT2D eigenvalue weighted by atomic mass is 32.1. The second-order valence-corrected chi connectivity index (χ2v) is 4.33. The predicted molar refractivity (Wildman–Crippen MR) is 71.5 cm³/mol. The van der Waals surface area contributed by atoms with E-state index in [2.05, 4.69) is 31.9 Å². The van der Waals surface area contributed by atoms with Crippen LogP contribution in [-0.2, 0) is 9.31 Å². The second-order valence-electron chi connectivity index (χ2n) is 3.88. The van der Waals surface area contributed by atoms with Crippen molar-refractivity contribution in [2.75, 3.05) is 0 Å². The molecule has 0 radical (unpaired) electrons. The van der Waals surface area contributed by atoms with Crippen LogP contribution < -0.4 is 0 Å². The monoisotopic (exact) mass is 281 g/mol. The fraction of sp³-hybridized carbons (Fsp3) is 0. The topological polar surface area (TPSA) is 46.6 Å². The number of hydrogen-bond donors (Lipinski definition) is 2. The highest BCUT2D eigenvalue weighted by Crippen LogP contribution is 2.40. The molecule has 0 amide bonds. The van der Waals surface area contributed by atoms with Crippen LogP contribution in [0.4, 0.5) is 8.63 Å². The molecule has 0 saturated heterocycles. The Morgan fingerprint density at radius 3 is 2.68 bits per heavy atom. The number of rotatable bonds is 1. The van der Waals surface area contributed by atoms with Gasteiger partial charge in [0, 0.05) is 12.4 Å². The summed E-state index contributed by atoms with van der Waals surface area (Å²) < 4.78 is 36.3. The SMILES string of the molecule is F[B-]1(F)OC(c2ccc[nH]2)=C(S)/C(=C2\C=CC=N2)O1. The van der Waals surface area contributed by atoms with Crippen molar-refractivity contribution in [1.29, 1.82) is 0 Å². The van der Waals surface area contributed by atoms with Crippen molar-refractivity contribution in [2.45, 2.75) is 0 Å². The molecule has 0 fully saturated rings. The molecular weight excluding hydrogens is 273 g/mol. The van der Waals surface area contributed by atoms with E-state index in [9.17, 15) is 8.63 Å². The van der Waals surface area contributed by atoms with Crippen LogP contribution in [0.5, 0.6) is 0 Å². The van der Waals surface area contributed by atoms with Crippen LogP contribution in [0.3, 0.4) is 0 Å². The molecule has 2 aliphatic heterocycles. The Kier molecular flexibility index (Phi) is 2.74. The zero-order valence-corrected chi connectivity index (χ0v) is 10.4. The van der Waals surface area contributed by atoms with Gasteiger partial charge in [-0.25, -0.2) is 0 Å². The van der Waals surface area contributed by atoms with Crippen LogP contribution in [-0.4, -0.2) is 18.3 Å². The molecule has 0 aromatic carbocycles. The molecule has 0 bridgehead atoms. The van der Waals surface area contributed by atoms with Gasteiger partial charge in [0.2, 0.25) is 0 Å². The van der Waals surface area contributed by atoms with E-state index < -0.39 is 7.11 Å². The van der Waals surface area contributed by atoms with Crippen molar-refractivity contribution in [3.05, 3.63) is 52.5 Å². The smallest absolute Gasteiger partial charge is 0.625 e. The summed E-state index contributed by atoms with van der Waals surface area (Å²) in [6.07, 6.45) is 6.28. The van der Waals surface area contributed by atoms with Crippen molar-refractivity contribution in [2.24, 2.45) is 4.99 Å². The molecule has 4 nitrogen and oxygen atoms in total. The lowest BCUT2D eigenvalue weighted by molar-refractivity contribution is 0.170. The first-order valence-corrected chi connectivity index (χ1v) is 5.92. The summed E-state index contributed by atoms with van der Waals surface area (Å²) in [5.41, 5.74) is 0.692. The average Bonchev–Trinajstić information content (AvgIpc) is 3.02. The second kappa shape index (κ2) is 4.31. The summed E-state index contributed by atoms with van der Waals surface area (Å²) in [7, 11) is -4.44. The molecule has 98 valence electrons. The Morgan fingerprint density at radius 2 is 2.05 bits per heavy atom. The largest absolute Gasteiger partial charge is 0.726 e. The number of nitrogens with zero attached hydrogens (tertiary/aromatic N) is 1. The maximum Gasteiger partial charge on any atom is 0.726 e. The molecule has 0 saturated carbocycles. The van der Waals surface area contributed by atoms with E-state index in [1.807, 2.05) is 0 Å². The van der Waals surface area contributed by atoms with E-state index in [0.29, 0.717) is 11.4 Å². The average molecular weight is 281 g/mol. The highest BCUT2D eigenvalue weighted by molar-refractivity contribution is 7.85. The predicted octanol–water partition coefficient (Wildman–Crippen LogP) is 2.89. The molecule has 0 aliphatic carbocycles. The minimum atomic E-state index is -4.44. The molecule has 19 heavy (non-hydrogen) atoms. The fourth-order valence-corrected chi connectivity index (χ4v) is 2.13. The number of aromatic nitrogens is 1. The van der Waals surface area contributed by atoms with Gasteiger partial charge >= 0.3 is 7.11 Å². The first-order chi connectivity index (χ1) is 9.07. The number of halogens is 2. The summed E-state index contributed by atoms with van der Waals surface area (Å²) in [4.78, 5) is 6.91. The minimum absolute atomic E-state index is 0.0532. The van der Waals surface area contributed by atoms with Crippen molar-refractivity contribution >= 4 is 31.7 Å². The molecule has 1 N–H and O–H groups in total. The lowest BCUT2D eigenvalue weighted by Crippen LogP contribution is -2.35. The van der Waals surface area contributed by atoms with E-state index in [1.54, 1.807) is 30.5 Å². The van der Waals surface area contributed by atoms with E-state index in [1.165, 1.54) is 6.21 Å². The maximum absolute atomic E-state index is 13.5. The van der Waals surface area contributed by atoms with Crippen LogP contribution >= 0.6 is 12.6 Å². The number of aromatic amines is 1. The molecule has 1 aromatic rings. The molecule has 3 heterocycles. The standard InChI is InChI=1S/C11H8BF2N2O2S/c13-12(14)17-9(7-3-1-5-15-7)11(19)10(18-12)8-4-2-6-16-8/h1-6,15,19H/q-1/b10-8-. The quantitative estimate of drug-likeness (QED) is 0.614. The van der Waals surface area contributed by atoms with Gasteiger partial charge in [-0.15, -0.1) is 12.6 Å². The van der Waals surface area contributed by atoms with E-state index in [0.717, 1.165) is 0 Å². The number of H-pyrrole nitrogens is 1. The van der Waals surface area contributed by atoms with Crippen LogP contribution in [0, 0.1) is 0 Å². The summed E-state index contributed by atoms with van der Waals surface area (Å²) in [5.74, 6) is -0.142. The zero-order chi connectivity index (χ0) is 13.5. The van der Waals surface area contributed by atoms with Crippen molar-refractivity contribution < 1.29 is 17.9 Å². The summed E-state index contributed by atoms with van der Waals surface area (Å²) in [6, 6.07) is 3.28. The lowest BCUT2D eigenvalue weighted by Gasteiger charge is -2.36. The third-order valence-corrected chi connectivity index (χ3v) is 2.98. The van der Waals surface area contributed by atoms with E-state index in [-0.39, 0.29) is 16.4 Å². The summed E-state index contributed by atoms with van der Waals surface area (Å²) in [6.45, 7) is 0. The van der Waals surface area contributed by atoms with Gasteiger partial charge in [-0.2, -0.15) is 0 Å². The highest BCUT2D eigenvalue weighted by Gasteiger charge is 2.41. The van der Waals surface area contributed by atoms with Crippen LogP contribution in [0.2, 0.25) is 0 Å². The third kappa shape index (κ3) is 2.19. The summed E-state index contributed by atoms with van der Waals surface area (Å²) in [5, 5.41) is 0. The van der Waals surface area contributed by atoms with Gasteiger partial charge in [-0.05, 0) is 24.3 Å². The molecule has 0 unspecified atom stereocenters. The molecule has 0 atom stereocenters. The first-order valence-electron chi connectivity index (χ1n) is 5.47. The molecule has 1 aromatic heterocycles. The third-order valence-electron chi connectivity index (χ3n) is 2.57. The molecule has 3 rings (SSSR count). The molecule has 0 spiro atoms. The van der Waals surface area contributed by atoms with Crippen LogP contribution in [0.1, 0.15) is 5.69 Å². The molecule has 2 aliphatic rings. The number of nitrogens with one attached hydrogen (secondary N) is 1. The lowest BCUT2D eigenvalue weighted by atomic mass is 10.1. The zero-order valence-electron chi connectivity index (χ0n) is 9.51. The van der Waals surface area contributed by atoms with Gasteiger partial charge in [0.1, 0.15) is 17.2 Å².